The number of halogens is 1. The van der Waals surface area contributed by atoms with Crippen LogP contribution < -0.4 is 11.1 Å². The van der Waals surface area contributed by atoms with E-state index in [2.05, 4.69) is 5.32 Å². The lowest BCUT2D eigenvalue weighted by Crippen LogP contribution is -2.38. The Morgan fingerprint density at radius 2 is 2.24 bits per heavy atom. The second kappa shape index (κ2) is 4.71. The smallest absolute Gasteiger partial charge is 0.253 e. The number of nitrogens with two attached hydrogens (primary N) is 1. The van der Waals surface area contributed by atoms with Gasteiger partial charge in [-0.25, -0.2) is 4.39 Å². The van der Waals surface area contributed by atoms with E-state index in [1.807, 2.05) is 0 Å². The number of nitrogens with one attached hydrogen (secondary N) is 1. The summed E-state index contributed by atoms with van der Waals surface area (Å²) in [4.78, 5) is 11.7. The first kappa shape index (κ1) is 11.9. The molecule has 1 aromatic rings. The molecule has 0 atom stereocenters. The molecule has 1 amide bonds. The van der Waals surface area contributed by atoms with Crippen LogP contribution in [-0.4, -0.2) is 23.7 Å². The zero-order valence-corrected chi connectivity index (χ0v) is 9.32. The average molecular weight is 238 g/mol. The van der Waals surface area contributed by atoms with Gasteiger partial charge in [-0.1, -0.05) is 6.07 Å². The largest absolute Gasteiger partial charge is 0.396 e. The summed E-state index contributed by atoms with van der Waals surface area (Å²) < 4.78 is 13.1. The standard InChI is InChI=1S/C12H15FN2O2/c13-10-3-1-2-9(11(10)14)12(17)15-6-7-4-8(16)5-7/h1-3,7-8,16H,4-6,14H2,(H,15,17). The van der Waals surface area contributed by atoms with Gasteiger partial charge in [-0.05, 0) is 30.9 Å². The van der Waals surface area contributed by atoms with Crippen LogP contribution in [0, 0.1) is 11.7 Å². The fourth-order valence-corrected chi connectivity index (χ4v) is 1.93. The second-order valence-electron chi connectivity index (χ2n) is 4.40. The van der Waals surface area contributed by atoms with Gasteiger partial charge in [0.15, 0.2) is 0 Å². The van der Waals surface area contributed by atoms with Gasteiger partial charge in [-0.15, -0.1) is 0 Å². The summed E-state index contributed by atoms with van der Waals surface area (Å²) in [5, 5.41) is 11.8. The molecule has 0 aliphatic heterocycles. The van der Waals surface area contributed by atoms with E-state index in [9.17, 15) is 9.18 Å². The lowest BCUT2D eigenvalue weighted by Gasteiger charge is -2.31. The van der Waals surface area contributed by atoms with E-state index in [0.29, 0.717) is 25.3 Å². The Balaban J connectivity index is 1.93. The molecule has 1 aliphatic carbocycles. The predicted octanol–water partition coefficient (Wildman–Crippen LogP) is 0.909. The monoisotopic (exact) mass is 238 g/mol. The van der Waals surface area contributed by atoms with Crippen LogP contribution in [0.3, 0.4) is 0 Å². The molecule has 2 rings (SSSR count). The highest BCUT2D eigenvalue weighted by Gasteiger charge is 2.27. The van der Waals surface area contributed by atoms with Crippen LogP contribution in [0.1, 0.15) is 23.2 Å². The summed E-state index contributed by atoms with van der Waals surface area (Å²) >= 11 is 0. The zero-order chi connectivity index (χ0) is 12.4. The highest BCUT2D eigenvalue weighted by atomic mass is 19.1. The van der Waals surface area contributed by atoms with Crippen molar-refractivity contribution in [3.63, 3.8) is 0 Å². The first-order valence-electron chi connectivity index (χ1n) is 5.58. The summed E-state index contributed by atoms with van der Waals surface area (Å²) in [5.41, 5.74) is 5.51. The average Bonchev–Trinajstić information content (AvgIpc) is 2.26. The molecule has 4 N–H and O–H groups in total. The number of carbonyl (C=O) groups is 1. The molecule has 0 heterocycles. The summed E-state index contributed by atoms with van der Waals surface area (Å²) in [7, 11) is 0. The maximum Gasteiger partial charge on any atom is 0.253 e. The van der Waals surface area contributed by atoms with E-state index in [4.69, 9.17) is 10.8 Å². The number of rotatable bonds is 3. The lowest BCUT2D eigenvalue weighted by atomic mass is 9.82. The van der Waals surface area contributed by atoms with Gasteiger partial charge >= 0.3 is 0 Å². The second-order valence-corrected chi connectivity index (χ2v) is 4.40. The Labute approximate surface area is 98.6 Å². The predicted molar refractivity (Wildman–Crippen MR) is 61.9 cm³/mol. The van der Waals surface area contributed by atoms with Crippen molar-refractivity contribution in [2.24, 2.45) is 5.92 Å². The Morgan fingerprint density at radius 1 is 1.53 bits per heavy atom. The molecular formula is C12H15FN2O2. The highest BCUT2D eigenvalue weighted by Crippen LogP contribution is 2.26. The normalized spacial score (nSPS) is 22.9. The van der Waals surface area contributed by atoms with Crippen molar-refractivity contribution >= 4 is 11.6 Å². The molecule has 92 valence electrons. The minimum Gasteiger partial charge on any atom is -0.396 e. The van der Waals surface area contributed by atoms with E-state index >= 15 is 0 Å². The first-order chi connectivity index (χ1) is 8.08. The molecule has 0 saturated heterocycles. The minimum absolute atomic E-state index is 0.126. The molecule has 0 aromatic heterocycles. The minimum atomic E-state index is -0.586. The number of hydrogen-bond donors (Lipinski definition) is 3. The van der Waals surface area contributed by atoms with E-state index < -0.39 is 5.82 Å². The van der Waals surface area contributed by atoms with Gasteiger partial charge in [-0.2, -0.15) is 0 Å². The van der Waals surface area contributed by atoms with Crippen molar-refractivity contribution in [3.05, 3.63) is 29.6 Å². The van der Waals surface area contributed by atoms with Crippen LogP contribution in [-0.2, 0) is 0 Å². The number of nitrogen functional groups attached to an aromatic ring is 1. The number of carbonyl (C=O) groups excluding carboxylic acids is 1. The molecule has 0 spiro atoms. The van der Waals surface area contributed by atoms with Gasteiger partial charge in [0.25, 0.3) is 5.91 Å². The molecule has 1 aromatic carbocycles. The summed E-state index contributed by atoms with van der Waals surface area (Å²) in [5.74, 6) is -0.649. The number of aliphatic hydroxyl groups excluding tert-OH is 1. The SMILES string of the molecule is Nc1c(F)cccc1C(=O)NCC1CC(O)C1. The summed E-state index contributed by atoms with van der Waals surface area (Å²) in [6.45, 7) is 0.492. The van der Waals surface area contributed by atoms with E-state index in [0.717, 1.165) is 0 Å². The van der Waals surface area contributed by atoms with Crippen molar-refractivity contribution < 1.29 is 14.3 Å². The van der Waals surface area contributed by atoms with Crippen LogP contribution in [0.4, 0.5) is 10.1 Å². The topological polar surface area (TPSA) is 75.4 Å². The molecule has 1 fully saturated rings. The van der Waals surface area contributed by atoms with Crippen LogP contribution in [0.2, 0.25) is 0 Å². The number of amides is 1. The third kappa shape index (κ3) is 2.55. The molecular weight excluding hydrogens is 223 g/mol. The van der Waals surface area contributed by atoms with Crippen LogP contribution in [0.5, 0.6) is 0 Å². The Kier molecular flexibility index (Phi) is 3.28. The van der Waals surface area contributed by atoms with Crippen LogP contribution in [0.15, 0.2) is 18.2 Å². The van der Waals surface area contributed by atoms with Crippen molar-refractivity contribution in [1.29, 1.82) is 0 Å². The van der Waals surface area contributed by atoms with E-state index in [-0.39, 0.29) is 23.3 Å². The van der Waals surface area contributed by atoms with E-state index in [1.54, 1.807) is 0 Å². The molecule has 1 aliphatic rings. The lowest BCUT2D eigenvalue weighted by molar-refractivity contribution is 0.0420. The highest BCUT2D eigenvalue weighted by molar-refractivity contribution is 5.99. The van der Waals surface area contributed by atoms with Crippen molar-refractivity contribution in [3.8, 4) is 0 Å². The molecule has 0 radical (unpaired) electrons. The molecule has 4 nitrogen and oxygen atoms in total. The van der Waals surface area contributed by atoms with Gasteiger partial charge in [0.2, 0.25) is 0 Å². The maximum atomic E-state index is 13.1. The Bertz CT molecular complexity index is 431. The molecule has 0 bridgehead atoms. The zero-order valence-electron chi connectivity index (χ0n) is 9.32. The Hall–Kier alpha value is -1.62. The third-order valence-corrected chi connectivity index (χ3v) is 3.06. The molecule has 17 heavy (non-hydrogen) atoms. The third-order valence-electron chi connectivity index (χ3n) is 3.06. The summed E-state index contributed by atoms with van der Waals surface area (Å²) in [6.07, 6.45) is 1.17. The van der Waals surface area contributed by atoms with E-state index in [1.165, 1.54) is 18.2 Å². The number of anilines is 1. The number of aliphatic hydroxyl groups is 1. The Morgan fingerprint density at radius 3 is 2.88 bits per heavy atom. The van der Waals surface area contributed by atoms with Crippen molar-refractivity contribution in [1.82, 2.24) is 5.32 Å². The first-order valence-corrected chi connectivity index (χ1v) is 5.58. The van der Waals surface area contributed by atoms with Crippen molar-refractivity contribution in [2.45, 2.75) is 18.9 Å². The van der Waals surface area contributed by atoms with Gasteiger partial charge in [0.05, 0.1) is 17.4 Å². The van der Waals surface area contributed by atoms with Gasteiger partial charge in [0.1, 0.15) is 5.82 Å². The number of benzene rings is 1. The molecule has 5 heteroatoms. The van der Waals surface area contributed by atoms with Gasteiger partial charge < -0.3 is 16.2 Å². The quantitative estimate of drug-likeness (QED) is 0.685. The number of hydrogen-bond acceptors (Lipinski definition) is 3. The van der Waals surface area contributed by atoms with Crippen LogP contribution >= 0.6 is 0 Å². The van der Waals surface area contributed by atoms with Crippen LogP contribution in [0.25, 0.3) is 0 Å². The van der Waals surface area contributed by atoms with Gasteiger partial charge in [-0.3, -0.25) is 4.79 Å². The molecule has 1 saturated carbocycles. The molecule has 0 unspecified atom stereocenters. The van der Waals surface area contributed by atoms with Crippen molar-refractivity contribution in [2.75, 3.05) is 12.3 Å². The fourth-order valence-electron chi connectivity index (χ4n) is 1.93. The summed E-state index contributed by atoms with van der Waals surface area (Å²) in [6, 6.07) is 4.16. The fraction of sp³-hybridized carbons (Fsp3) is 0.417. The van der Waals surface area contributed by atoms with Gasteiger partial charge in [0, 0.05) is 6.54 Å². The maximum absolute atomic E-state index is 13.1. The number of para-hydroxylation sites is 1.